The van der Waals surface area contributed by atoms with Crippen molar-refractivity contribution in [3.63, 3.8) is 0 Å². The molecule has 1 aliphatic heterocycles. The highest BCUT2D eigenvalue weighted by Gasteiger charge is 2.30. The molecule has 0 radical (unpaired) electrons. The van der Waals surface area contributed by atoms with Crippen LogP contribution in [0.15, 0.2) is 30.7 Å². The van der Waals surface area contributed by atoms with E-state index in [1.165, 1.54) is 12.1 Å². The largest absolute Gasteiger partial charge is 0.484 e. The third-order valence-electron chi connectivity index (χ3n) is 3.96. The van der Waals surface area contributed by atoms with Crippen LogP contribution in [-0.2, 0) is 6.54 Å². The number of hydrogen-bond acceptors (Lipinski definition) is 3. The van der Waals surface area contributed by atoms with Crippen LogP contribution in [0.25, 0.3) is 0 Å². The van der Waals surface area contributed by atoms with Crippen LogP contribution in [0, 0.1) is 5.82 Å². The number of hydrogen-bond donors (Lipinski definition) is 1. The standard InChI is InChI=1S/C16H20FN3O/c1-3-6-20-10-19-9-14(20)16-8-13(18-2)12-5-4-11(17)7-15(12)21-16/h4-5,7,9-10,13,16,18H,3,6,8H2,1-2H3. The van der Waals surface area contributed by atoms with Crippen molar-refractivity contribution in [3.05, 3.63) is 47.8 Å². The van der Waals surface area contributed by atoms with Gasteiger partial charge in [-0.15, -0.1) is 0 Å². The molecular formula is C16H20FN3O. The highest BCUT2D eigenvalue weighted by Crippen LogP contribution is 2.40. The maximum absolute atomic E-state index is 13.5. The lowest BCUT2D eigenvalue weighted by Gasteiger charge is -2.32. The molecule has 1 aromatic carbocycles. The topological polar surface area (TPSA) is 39.1 Å². The minimum Gasteiger partial charge on any atom is -0.484 e. The van der Waals surface area contributed by atoms with E-state index in [-0.39, 0.29) is 18.0 Å². The minimum absolute atomic E-state index is 0.106. The van der Waals surface area contributed by atoms with Gasteiger partial charge >= 0.3 is 0 Å². The predicted octanol–water partition coefficient (Wildman–Crippen LogP) is 3.22. The van der Waals surface area contributed by atoms with Gasteiger partial charge in [0, 0.05) is 30.6 Å². The zero-order valence-electron chi connectivity index (χ0n) is 12.3. The molecule has 21 heavy (non-hydrogen) atoms. The molecule has 2 unspecified atom stereocenters. The molecule has 1 aliphatic rings. The van der Waals surface area contributed by atoms with E-state index in [0.717, 1.165) is 30.6 Å². The Morgan fingerprint density at radius 1 is 1.48 bits per heavy atom. The van der Waals surface area contributed by atoms with E-state index >= 15 is 0 Å². The first-order chi connectivity index (χ1) is 10.2. The number of aryl methyl sites for hydroxylation is 1. The van der Waals surface area contributed by atoms with E-state index in [9.17, 15) is 4.39 Å². The number of nitrogens with one attached hydrogen (secondary N) is 1. The molecule has 3 rings (SSSR count). The summed E-state index contributed by atoms with van der Waals surface area (Å²) in [5, 5.41) is 3.29. The number of aromatic nitrogens is 2. The Balaban J connectivity index is 1.94. The summed E-state index contributed by atoms with van der Waals surface area (Å²) in [4.78, 5) is 4.23. The maximum atomic E-state index is 13.5. The molecule has 1 N–H and O–H groups in total. The second-order valence-corrected chi connectivity index (χ2v) is 5.38. The van der Waals surface area contributed by atoms with Crippen LogP contribution in [-0.4, -0.2) is 16.6 Å². The van der Waals surface area contributed by atoms with Crippen molar-refractivity contribution >= 4 is 0 Å². The van der Waals surface area contributed by atoms with Crippen molar-refractivity contribution in [1.82, 2.24) is 14.9 Å². The second-order valence-electron chi connectivity index (χ2n) is 5.38. The van der Waals surface area contributed by atoms with Gasteiger partial charge in [0.15, 0.2) is 0 Å². The van der Waals surface area contributed by atoms with E-state index in [2.05, 4.69) is 21.8 Å². The van der Waals surface area contributed by atoms with Crippen molar-refractivity contribution in [2.45, 2.75) is 38.5 Å². The van der Waals surface area contributed by atoms with Gasteiger partial charge in [-0.2, -0.15) is 0 Å². The van der Waals surface area contributed by atoms with Gasteiger partial charge in [0.1, 0.15) is 17.7 Å². The maximum Gasteiger partial charge on any atom is 0.142 e. The average molecular weight is 289 g/mol. The van der Waals surface area contributed by atoms with Crippen LogP contribution in [0.2, 0.25) is 0 Å². The van der Waals surface area contributed by atoms with Crippen LogP contribution in [0.4, 0.5) is 4.39 Å². The van der Waals surface area contributed by atoms with Crippen LogP contribution in [0.3, 0.4) is 0 Å². The summed E-state index contributed by atoms with van der Waals surface area (Å²) >= 11 is 0. The first kappa shape index (κ1) is 14.1. The zero-order valence-corrected chi connectivity index (χ0v) is 12.3. The molecule has 2 aromatic rings. The lowest BCUT2D eigenvalue weighted by atomic mass is 9.95. The smallest absolute Gasteiger partial charge is 0.142 e. The summed E-state index contributed by atoms with van der Waals surface area (Å²) in [6, 6.07) is 4.90. The van der Waals surface area contributed by atoms with Crippen molar-refractivity contribution in [3.8, 4) is 5.75 Å². The predicted molar refractivity (Wildman–Crippen MR) is 78.7 cm³/mol. The highest BCUT2D eigenvalue weighted by molar-refractivity contribution is 5.39. The number of ether oxygens (including phenoxy) is 1. The number of halogens is 1. The van der Waals surface area contributed by atoms with Gasteiger partial charge in [0.05, 0.1) is 18.2 Å². The van der Waals surface area contributed by atoms with Crippen LogP contribution >= 0.6 is 0 Å². The molecule has 0 aliphatic carbocycles. The number of fused-ring (bicyclic) bond motifs is 1. The number of nitrogens with zero attached hydrogens (tertiary/aromatic N) is 2. The minimum atomic E-state index is -0.272. The van der Waals surface area contributed by atoms with Crippen molar-refractivity contribution in [2.24, 2.45) is 0 Å². The first-order valence-corrected chi connectivity index (χ1v) is 7.36. The molecule has 1 aromatic heterocycles. The Morgan fingerprint density at radius 3 is 3.10 bits per heavy atom. The van der Waals surface area contributed by atoms with Crippen molar-refractivity contribution in [2.75, 3.05) is 7.05 Å². The Kier molecular flexibility index (Phi) is 3.92. The fourth-order valence-corrected chi connectivity index (χ4v) is 2.92. The second kappa shape index (κ2) is 5.85. The molecule has 2 atom stereocenters. The monoisotopic (exact) mass is 289 g/mol. The molecule has 2 heterocycles. The van der Waals surface area contributed by atoms with Crippen LogP contribution in [0.1, 0.15) is 43.2 Å². The summed E-state index contributed by atoms with van der Waals surface area (Å²) in [6.07, 6.45) is 5.42. The molecule has 0 amide bonds. The molecule has 5 heteroatoms. The molecular weight excluding hydrogens is 269 g/mol. The quantitative estimate of drug-likeness (QED) is 0.939. The van der Waals surface area contributed by atoms with Crippen LogP contribution in [0.5, 0.6) is 5.75 Å². The number of benzene rings is 1. The first-order valence-electron chi connectivity index (χ1n) is 7.36. The van der Waals surface area contributed by atoms with Crippen molar-refractivity contribution in [1.29, 1.82) is 0 Å². The molecule has 0 spiro atoms. The number of imidazole rings is 1. The third-order valence-corrected chi connectivity index (χ3v) is 3.96. The van der Waals surface area contributed by atoms with Gasteiger partial charge < -0.3 is 14.6 Å². The van der Waals surface area contributed by atoms with Crippen molar-refractivity contribution < 1.29 is 9.13 Å². The summed E-state index contributed by atoms with van der Waals surface area (Å²) in [6.45, 7) is 3.04. The lowest BCUT2D eigenvalue weighted by molar-refractivity contribution is 0.145. The molecule has 0 saturated heterocycles. The Bertz CT molecular complexity index is 626. The summed E-state index contributed by atoms with van der Waals surface area (Å²) in [7, 11) is 1.92. The van der Waals surface area contributed by atoms with Gasteiger partial charge in [-0.25, -0.2) is 9.37 Å². The molecule has 0 fully saturated rings. The van der Waals surface area contributed by atoms with E-state index in [1.807, 2.05) is 19.6 Å². The molecule has 0 bridgehead atoms. The fourth-order valence-electron chi connectivity index (χ4n) is 2.92. The lowest BCUT2D eigenvalue weighted by Crippen LogP contribution is -2.28. The Hall–Kier alpha value is -1.88. The summed E-state index contributed by atoms with van der Waals surface area (Å²) < 4.78 is 21.6. The number of rotatable bonds is 4. The molecule has 112 valence electrons. The third kappa shape index (κ3) is 2.65. The van der Waals surface area contributed by atoms with Crippen LogP contribution < -0.4 is 10.1 Å². The Labute approximate surface area is 124 Å². The van der Waals surface area contributed by atoms with Gasteiger partial charge in [0.25, 0.3) is 0 Å². The summed E-state index contributed by atoms with van der Waals surface area (Å²) in [5.74, 6) is 0.348. The highest BCUT2D eigenvalue weighted by atomic mass is 19.1. The molecule has 0 saturated carbocycles. The van der Waals surface area contributed by atoms with E-state index in [0.29, 0.717) is 5.75 Å². The molecule has 4 nitrogen and oxygen atoms in total. The Morgan fingerprint density at radius 2 is 2.33 bits per heavy atom. The van der Waals surface area contributed by atoms with Gasteiger partial charge in [0.2, 0.25) is 0 Å². The van der Waals surface area contributed by atoms with E-state index < -0.39 is 0 Å². The average Bonchev–Trinajstić information content (AvgIpc) is 2.94. The normalized spacial score (nSPS) is 20.9. The summed E-state index contributed by atoms with van der Waals surface area (Å²) in [5.41, 5.74) is 2.06. The van der Waals surface area contributed by atoms with Gasteiger partial charge in [-0.1, -0.05) is 13.0 Å². The van der Waals surface area contributed by atoms with Gasteiger partial charge in [-0.3, -0.25) is 0 Å². The fraction of sp³-hybridized carbons (Fsp3) is 0.438. The van der Waals surface area contributed by atoms with E-state index in [1.54, 1.807) is 6.07 Å². The van der Waals surface area contributed by atoms with Gasteiger partial charge in [-0.05, 0) is 19.5 Å². The van der Waals surface area contributed by atoms with E-state index in [4.69, 9.17) is 4.74 Å². The SMILES string of the molecule is CCCn1cncc1C1CC(NC)c2ccc(F)cc2O1. The zero-order chi connectivity index (χ0) is 14.8.